The Hall–Kier alpha value is -1.42. The van der Waals surface area contributed by atoms with Crippen LogP contribution in [0.1, 0.15) is 36.0 Å². The lowest BCUT2D eigenvalue weighted by Gasteiger charge is -2.28. The monoisotopic (exact) mass is 234 g/mol. The minimum atomic E-state index is -0.0148. The summed E-state index contributed by atoms with van der Waals surface area (Å²) in [5.41, 5.74) is 0.604. The first-order valence-corrected chi connectivity index (χ1v) is 6.15. The standard InChI is InChI=1S/C13H18N2O2/c16-9-8-15(12-5-1-2-6-12)13(17)11-4-3-7-14-10-11/h3-4,7,10,12,16H,1-2,5-6,8-9H2. The maximum Gasteiger partial charge on any atom is 0.255 e. The summed E-state index contributed by atoms with van der Waals surface area (Å²) in [6, 6.07) is 3.82. The lowest BCUT2D eigenvalue weighted by Crippen LogP contribution is -2.40. The van der Waals surface area contributed by atoms with Gasteiger partial charge in [-0.25, -0.2) is 0 Å². The molecule has 0 unspecified atom stereocenters. The highest BCUT2D eigenvalue weighted by atomic mass is 16.3. The van der Waals surface area contributed by atoms with Crippen molar-refractivity contribution >= 4 is 5.91 Å². The van der Waals surface area contributed by atoms with Crippen molar-refractivity contribution in [3.05, 3.63) is 30.1 Å². The molecule has 0 saturated heterocycles. The highest BCUT2D eigenvalue weighted by Crippen LogP contribution is 2.24. The molecule has 4 nitrogen and oxygen atoms in total. The maximum atomic E-state index is 12.3. The quantitative estimate of drug-likeness (QED) is 0.858. The van der Waals surface area contributed by atoms with E-state index in [1.807, 2.05) is 0 Å². The fourth-order valence-corrected chi connectivity index (χ4v) is 2.43. The summed E-state index contributed by atoms with van der Waals surface area (Å²) in [7, 11) is 0. The van der Waals surface area contributed by atoms with E-state index in [1.165, 1.54) is 12.8 Å². The van der Waals surface area contributed by atoms with Gasteiger partial charge in [0, 0.05) is 25.0 Å². The number of aliphatic hydroxyl groups excluding tert-OH is 1. The normalized spacial score (nSPS) is 16.1. The van der Waals surface area contributed by atoms with Gasteiger partial charge in [-0.05, 0) is 25.0 Å². The number of aromatic nitrogens is 1. The van der Waals surface area contributed by atoms with Crippen molar-refractivity contribution in [3.63, 3.8) is 0 Å². The zero-order valence-corrected chi connectivity index (χ0v) is 9.88. The Morgan fingerprint density at radius 3 is 2.82 bits per heavy atom. The molecule has 17 heavy (non-hydrogen) atoms. The van der Waals surface area contributed by atoms with Gasteiger partial charge in [0.05, 0.1) is 12.2 Å². The fourth-order valence-electron chi connectivity index (χ4n) is 2.43. The van der Waals surface area contributed by atoms with Crippen molar-refractivity contribution in [1.82, 2.24) is 9.88 Å². The van der Waals surface area contributed by atoms with Crippen LogP contribution < -0.4 is 0 Å². The highest BCUT2D eigenvalue weighted by molar-refractivity contribution is 5.94. The Morgan fingerprint density at radius 1 is 1.47 bits per heavy atom. The molecule has 1 N–H and O–H groups in total. The van der Waals surface area contributed by atoms with Crippen molar-refractivity contribution in [3.8, 4) is 0 Å². The Morgan fingerprint density at radius 2 is 2.24 bits per heavy atom. The highest BCUT2D eigenvalue weighted by Gasteiger charge is 2.26. The van der Waals surface area contributed by atoms with Crippen molar-refractivity contribution < 1.29 is 9.90 Å². The molecule has 0 atom stereocenters. The van der Waals surface area contributed by atoms with E-state index in [4.69, 9.17) is 5.11 Å². The van der Waals surface area contributed by atoms with Crippen LogP contribution in [0.5, 0.6) is 0 Å². The van der Waals surface area contributed by atoms with E-state index in [-0.39, 0.29) is 18.6 Å². The third-order valence-corrected chi connectivity index (χ3v) is 3.28. The van der Waals surface area contributed by atoms with Gasteiger partial charge in [-0.1, -0.05) is 12.8 Å². The molecular weight excluding hydrogens is 216 g/mol. The van der Waals surface area contributed by atoms with E-state index < -0.39 is 0 Å². The number of aliphatic hydroxyl groups is 1. The smallest absolute Gasteiger partial charge is 0.255 e. The second-order valence-corrected chi connectivity index (χ2v) is 4.40. The summed E-state index contributed by atoms with van der Waals surface area (Å²) in [5.74, 6) is -0.0148. The van der Waals surface area contributed by atoms with Gasteiger partial charge in [0.1, 0.15) is 0 Å². The fraction of sp³-hybridized carbons (Fsp3) is 0.538. The molecule has 2 rings (SSSR count). The summed E-state index contributed by atoms with van der Waals surface area (Å²) in [5, 5.41) is 9.08. The van der Waals surface area contributed by atoms with E-state index in [9.17, 15) is 4.79 Å². The summed E-state index contributed by atoms with van der Waals surface area (Å²) >= 11 is 0. The molecule has 1 amide bonds. The zero-order chi connectivity index (χ0) is 12.1. The molecule has 4 heteroatoms. The van der Waals surface area contributed by atoms with Gasteiger partial charge in [0.2, 0.25) is 0 Å². The molecule has 1 saturated carbocycles. The average molecular weight is 234 g/mol. The van der Waals surface area contributed by atoms with Gasteiger partial charge in [-0.3, -0.25) is 9.78 Å². The predicted octanol–water partition coefficient (Wildman–Crippen LogP) is 1.46. The molecule has 0 aromatic carbocycles. The molecule has 1 heterocycles. The summed E-state index contributed by atoms with van der Waals surface area (Å²) in [6.45, 7) is 0.431. The number of amides is 1. The number of hydrogen-bond donors (Lipinski definition) is 1. The molecule has 1 aliphatic rings. The minimum Gasteiger partial charge on any atom is -0.395 e. The number of nitrogens with zero attached hydrogens (tertiary/aromatic N) is 2. The second-order valence-electron chi connectivity index (χ2n) is 4.40. The molecule has 1 aromatic heterocycles. The third-order valence-electron chi connectivity index (χ3n) is 3.28. The van der Waals surface area contributed by atoms with Crippen LogP contribution in [-0.2, 0) is 0 Å². The number of pyridine rings is 1. The number of carbonyl (C=O) groups is 1. The van der Waals surface area contributed by atoms with E-state index in [0.29, 0.717) is 12.1 Å². The van der Waals surface area contributed by atoms with Crippen LogP contribution >= 0.6 is 0 Å². The Bertz CT molecular complexity index is 361. The van der Waals surface area contributed by atoms with Gasteiger partial charge in [0.25, 0.3) is 5.91 Å². The van der Waals surface area contributed by atoms with E-state index >= 15 is 0 Å². The second kappa shape index (κ2) is 5.77. The largest absolute Gasteiger partial charge is 0.395 e. The van der Waals surface area contributed by atoms with Crippen molar-refractivity contribution in [2.24, 2.45) is 0 Å². The van der Waals surface area contributed by atoms with E-state index in [2.05, 4.69) is 4.98 Å². The van der Waals surface area contributed by atoms with Gasteiger partial charge in [-0.2, -0.15) is 0 Å². The van der Waals surface area contributed by atoms with E-state index in [0.717, 1.165) is 12.8 Å². The first-order valence-electron chi connectivity index (χ1n) is 6.15. The maximum absolute atomic E-state index is 12.3. The minimum absolute atomic E-state index is 0.0148. The Kier molecular flexibility index (Phi) is 4.09. The molecule has 92 valence electrons. The Labute approximate surface area is 101 Å². The van der Waals surface area contributed by atoms with Gasteiger partial charge in [0.15, 0.2) is 0 Å². The van der Waals surface area contributed by atoms with Crippen LogP contribution in [0.2, 0.25) is 0 Å². The van der Waals surface area contributed by atoms with Crippen LogP contribution in [0.15, 0.2) is 24.5 Å². The number of rotatable bonds is 4. The van der Waals surface area contributed by atoms with E-state index in [1.54, 1.807) is 29.4 Å². The van der Waals surface area contributed by atoms with Crippen LogP contribution in [0, 0.1) is 0 Å². The summed E-state index contributed by atoms with van der Waals surface area (Å²) < 4.78 is 0. The topological polar surface area (TPSA) is 53.4 Å². The van der Waals surface area contributed by atoms with Crippen molar-refractivity contribution in [2.45, 2.75) is 31.7 Å². The summed E-state index contributed by atoms with van der Waals surface area (Å²) in [6.07, 6.45) is 7.68. The molecule has 0 aliphatic heterocycles. The van der Waals surface area contributed by atoms with Gasteiger partial charge < -0.3 is 10.0 Å². The molecule has 0 radical (unpaired) electrons. The van der Waals surface area contributed by atoms with Crippen molar-refractivity contribution in [1.29, 1.82) is 0 Å². The van der Waals surface area contributed by atoms with Gasteiger partial charge >= 0.3 is 0 Å². The molecule has 0 spiro atoms. The predicted molar refractivity (Wildman–Crippen MR) is 64.6 cm³/mol. The third kappa shape index (κ3) is 2.82. The molecule has 0 bridgehead atoms. The lowest BCUT2D eigenvalue weighted by atomic mass is 10.1. The average Bonchev–Trinajstić information content (AvgIpc) is 2.90. The van der Waals surface area contributed by atoms with Crippen LogP contribution in [0.3, 0.4) is 0 Å². The van der Waals surface area contributed by atoms with Crippen LogP contribution in [-0.4, -0.2) is 40.1 Å². The first-order chi connectivity index (χ1) is 8.33. The first kappa shape index (κ1) is 12.0. The lowest BCUT2D eigenvalue weighted by molar-refractivity contribution is 0.0637. The Balaban J connectivity index is 2.12. The molecule has 1 aromatic rings. The van der Waals surface area contributed by atoms with Crippen LogP contribution in [0.4, 0.5) is 0 Å². The molecule has 1 aliphatic carbocycles. The van der Waals surface area contributed by atoms with Crippen LogP contribution in [0.25, 0.3) is 0 Å². The molecule has 1 fully saturated rings. The SMILES string of the molecule is O=C(c1cccnc1)N(CCO)C1CCCC1. The zero-order valence-electron chi connectivity index (χ0n) is 9.88. The summed E-state index contributed by atoms with van der Waals surface area (Å²) in [4.78, 5) is 18.1. The number of carbonyl (C=O) groups excluding carboxylic acids is 1. The molecular formula is C13H18N2O2. The number of hydrogen-bond acceptors (Lipinski definition) is 3. The van der Waals surface area contributed by atoms with Crippen molar-refractivity contribution in [2.75, 3.05) is 13.2 Å². The van der Waals surface area contributed by atoms with Gasteiger partial charge in [-0.15, -0.1) is 0 Å².